The third kappa shape index (κ3) is 3.76. The zero-order valence-corrected chi connectivity index (χ0v) is 9.28. The molecule has 98 valence electrons. The van der Waals surface area contributed by atoms with Crippen LogP contribution >= 0.6 is 0 Å². The molecule has 0 aromatic heterocycles. The number of halogens is 3. The summed E-state index contributed by atoms with van der Waals surface area (Å²) in [7, 11) is 0. The van der Waals surface area contributed by atoms with Crippen LogP contribution in [0.3, 0.4) is 0 Å². The van der Waals surface area contributed by atoms with Gasteiger partial charge in [-0.3, -0.25) is 4.79 Å². The molecule has 0 saturated heterocycles. The average Bonchev–Trinajstić information content (AvgIpc) is 2.27. The van der Waals surface area contributed by atoms with E-state index in [0.29, 0.717) is 6.29 Å². The van der Waals surface area contributed by atoms with Crippen molar-refractivity contribution in [3.63, 3.8) is 0 Å². The molecule has 4 nitrogen and oxygen atoms in total. The van der Waals surface area contributed by atoms with Crippen LogP contribution in [0.2, 0.25) is 0 Å². The third-order valence-electron chi connectivity index (χ3n) is 1.86. The molecule has 0 aliphatic heterocycles. The zero-order valence-electron chi connectivity index (χ0n) is 9.28. The number of hydrogen-bond acceptors (Lipinski definition) is 4. The molecule has 1 aromatic rings. The summed E-state index contributed by atoms with van der Waals surface area (Å²) in [6.45, 7) is 1.53. The molecular formula is C11H9F3O4. The van der Waals surface area contributed by atoms with E-state index in [1.54, 1.807) is 0 Å². The van der Waals surface area contributed by atoms with E-state index >= 15 is 0 Å². The van der Waals surface area contributed by atoms with Crippen LogP contribution < -0.4 is 4.74 Å². The van der Waals surface area contributed by atoms with E-state index in [0.717, 1.165) is 12.1 Å². The number of ether oxygens (including phenoxy) is 2. The van der Waals surface area contributed by atoms with E-state index in [4.69, 9.17) is 0 Å². The van der Waals surface area contributed by atoms with Crippen LogP contribution in [0.15, 0.2) is 18.2 Å². The van der Waals surface area contributed by atoms with E-state index in [1.807, 2.05) is 0 Å². The zero-order chi connectivity index (χ0) is 13.8. The molecule has 1 aromatic carbocycles. The Morgan fingerprint density at radius 1 is 1.39 bits per heavy atom. The number of carbonyl (C=O) groups excluding carboxylic acids is 2. The quantitative estimate of drug-likeness (QED) is 0.618. The Kier molecular flexibility index (Phi) is 4.30. The number of hydrogen-bond donors (Lipinski definition) is 0. The average molecular weight is 262 g/mol. The van der Waals surface area contributed by atoms with Crippen LogP contribution in [0.1, 0.15) is 27.6 Å². The van der Waals surface area contributed by atoms with E-state index in [1.165, 1.54) is 13.0 Å². The lowest BCUT2D eigenvalue weighted by Crippen LogP contribution is -2.19. The SMILES string of the molecule is CCOC(=O)c1ccc(C=O)cc1OC(F)(F)F. The summed E-state index contributed by atoms with van der Waals surface area (Å²) in [5, 5.41) is 0. The second kappa shape index (κ2) is 5.52. The molecule has 0 bridgehead atoms. The maximum absolute atomic E-state index is 12.1. The summed E-state index contributed by atoms with van der Waals surface area (Å²) >= 11 is 0. The number of benzene rings is 1. The van der Waals surface area contributed by atoms with Gasteiger partial charge in [-0.2, -0.15) is 0 Å². The monoisotopic (exact) mass is 262 g/mol. The lowest BCUT2D eigenvalue weighted by atomic mass is 10.1. The molecule has 0 spiro atoms. The summed E-state index contributed by atoms with van der Waals surface area (Å²) in [6, 6.07) is 3.07. The smallest absolute Gasteiger partial charge is 0.462 e. The van der Waals surface area contributed by atoms with Crippen molar-refractivity contribution >= 4 is 12.3 Å². The van der Waals surface area contributed by atoms with Crippen LogP contribution in [-0.4, -0.2) is 25.2 Å². The molecule has 0 unspecified atom stereocenters. The van der Waals surface area contributed by atoms with E-state index in [-0.39, 0.29) is 17.7 Å². The van der Waals surface area contributed by atoms with Gasteiger partial charge in [-0.25, -0.2) is 4.79 Å². The van der Waals surface area contributed by atoms with Crippen LogP contribution in [0, 0.1) is 0 Å². The van der Waals surface area contributed by atoms with Crippen molar-refractivity contribution in [1.29, 1.82) is 0 Å². The lowest BCUT2D eigenvalue weighted by molar-refractivity contribution is -0.274. The molecule has 0 radical (unpaired) electrons. The molecule has 0 aliphatic carbocycles. The Hall–Kier alpha value is -2.05. The molecule has 0 fully saturated rings. The topological polar surface area (TPSA) is 52.6 Å². The van der Waals surface area contributed by atoms with Gasteiger partial charge in [-0.05, 0) is 19.1 Å². The van der Waals surface area contributed by atoms with E-state index in [2.05, 4.69) is 9.47 Å². The molecule has 0 heterocycles. The van der Waals surface area contributed by atoms with Gasteiger partial charge in [0.15, 0.2) is 0 Å². The van der Waals surface area contributed by atoms with Gasteiger partial charge in [0, 0.05) is 5.56 Å². The number of alkyl halides is 3. The van der Waals surface area contributed by atoms with Gasteiger partial charge in [-0.1, -0.05) is 6.07 Å². The van der Waals surface area contributed by atoms with Crippen LogP contribution in [0.5, 0.6) is 5.75 Å². The second-order valence-electron chi connectivity index (χ2n) is 3.14. The molecule has 18 heavy (non-hydrogen) atoms. The van der Waals surface area contributed by atoms with Crippen LogP contribution in [0.25, 0.3) is 0 Å². The van der Waals surface area contributed by atoms with E-state index in [9.17, 15) is 22.8 Å². The molecule has 0 aliphatic rings. The standard InChI is InChI=1S/C11H9F3O4/c1-2-17-10(16)8-4-3-7(6-15)5-9(8)18-11(12,13)14/h3-6H,2H2,1H3. The number of carbonyl (C=O) groups is 2. The fourth-order valence-corrected chi connectivity index (χ4v) is 1.20. The van der Waals surface area contributed by atoms with Gasteiger partial charge in [0.1, 0.15) is 17.6 Å². The first-order valence-corrected chi connectivity index (χ1v) is 4.89. The Balaban J connectivity index is 3.16. The minimum absolute atomic E-state index is 0.0136. The highest BCUT2D eigenvalue weighted by Crippen LogP contribution is 2.27. The summed E-state index contributed by atoms with van der Waals surface area (Å²) in [6.07, 6.45) is -4.61. The van der Waals surface area contributed by atoms with Crippen molar-refractivity contribution < 1.29 is 32.2 Å². The van der Waals surface area contributed by atoms with Crippen molar-refractivity contribution in [2.45, 2.75) is 13.3 Å². The molecule has 0 atom stereocenters. The fourth-order valence-electron chi connectivity index (χ4n) is 1.20. The van der Waals surface area contributed by atoms with Crippen molar-refractivity contribution in [3.05, 3.63) is 29.3 Å². The molecule has 0 amide bonds. The van der Waals surface area contributed by atoms with E-state index < -0.39 is 18.1 Å². The van der Waals surface area contributed by atoms with Gasteiger partial charge in [0.25, 0.3) is 0 Å². The lowest BCUT2D eigenvalue weighted by Gasteiger charge is -2.12. The Morgan fingerprint density at radius 3 is 2.56 bits per heavy atom. The predicted molar refractivity (Wildman–Crippen MR) is 54.5 cm³/mol. The maximum atomic E-state index is 12.1. The molecule has 0 N–H and O–H groups in total. The summed E-state index contributed by atoms with van der Waals surface area (Å²) < 4.78 is 44.7. The first-order valence-electron chi connectivity index (χ1n) is 4.89. The van der Waals surface area contributed by atoms with Crippen LogP contribution in [-0.2, 0) is 4.74 Å². The number of aldehydes is 1. The fraction of sp³-hybridized carbons (Fsp3) is 0.273. The molecular weight excluding hydrogens is 253 g/mol. The highest BCUT2D eigenvalue weighted by atomic mass is 19.4. The first kappa shape index (κ1) is 14.0. The van der Waals surface area contributed by atoms with Gasteiger partial charge < -0.3 is 9.47 Å². The van der Waals surface area contributed by atoms with Gasteiger partial charge in [0.05, 0.1) is 6.61 Å². The maximum Gasteiger partial charge on any atom is 0.573 e. The summed E-state index contributed by atoms with van der Waals surface area (Å²) in [4.78, 5) is 21.9. The Morgan fingerprint density at radius 2 is 2.06 bits per heavy atom. The summed E-state index contributed by atoms with van der Waals surface area (Å²) in [5.74, 6) is -1.71. The second-order valence-corrected chi connectivity index (χ2v) is 3.14. The van der Waals surface area contributed by atoms with Crippen molar-refractivity contribution in [2.24, 2.45) is 0 Å². The predicted octanol–water partition coefficient (Wildman–Crippen LogP) is 2.57. The minimum atomic E-state index is -4.96. The third-order valence-corrected chi connectivity index (χ3v) is 1.86. The number of rotatable bonds is 4. The van der Waals surface area contributed by atoms with Gasteiger partial charge in [-0.15, -0.1) is 13.2 Å². The molecule has 1 rings (SSSR count). The Labute approximate surface area is 100 Å². The van der Waals surface area contributed by atoms with Crippen LogP contribution in [0.4, 0.5) is 13.2 Å². The van der Waals surface area contributed by atoms with Gasteiger partial charge >= 0.3 is 12.3 Å². The molecule has 0 saturated carbocycles. The number of esters is 1. The summed E-state index contributed by atoms with van der Waals surface area (Å²) in [5.41, 5.74) is -0.429. The molecule has 7 heteroatoms. The normalized spacial score (nSPS) is 10.9. The first-order chi connectivity index (χ1) is 8.37. The highest BCUT2D eigenvalue weighted by Gasteiger charge is 2.33. The highest BCUT2D eigenvalue weighted by molar-refractivity contribution is 5.93. The largest absolute Gasteiger partial charge is 0.573 e. The van der Waals surface area contributed by atoms with Gasteiger partial charge in [0.2, 0.25) is 0 Å². The van der Waals surface area contributed by atoms with Crippen molar-refractivity contribution in [3.8, 4) is 5.75 Å². The Bertz CT molecular complexity index is 454. The van der Waals surface area contributed by atoms with Crippen molar-refractivity contribution in [1.82, 2.24) is 0 Å². The van der Waals surface area contributed by atoms with Crippen molar-refractivity contribution in [2.75, 3.05) is 6.61 Å². The minimum Gasteiger partial charge on any atom is -0.462 e.